The van der Waals surface area contributed by atoms with Gasteiger partial charge in [0.1, 0.15) is 23.1 Å². The van der Waals surface area contributed by atoms with E-state index in [9.17, 15) is 23.5 Å². The molecule has 2 atom stereocenters. The van der Waals surface area contributed by atoms with E-state index in [0.29, 0.717) is 41.9 Å². The number of carbonyl (C=O) groups is 2. The number of carbonyl (C=O) groups excluding carboxylic acids is 2. The highest BCUT2D eigenvalue weighted by atomic mass is 19.3. The van der Waals surface area contributed by atoms with Crippen molar-refractivity contribution in [3.05, 3.63) is 59.3 Å². The molecule has 3 N–H and O–H groups in total. The SMILES string of the molecule is COCCNCCN1C(=O)N2[C@H](c3cccc(O)c3)c3[nH]c4ccc(OC(F)F)cc4c3C[C@@]2(C)C1=O. The van der Waals surface area contributed by atoms with Crippen LogP contribution in [0.2, 0.25) is 0 Å². The van der Waals surface area contributed by atoms with Crippen LogP contribution in [-0.2, 0) is 16.0 Å². The average Bonchev–Trinajstić information content (AvgIpc) is 3.29. The molecule has 1 aromatic heterocycles. The number of halogens is 2. The molecule has 3 heterocycles. The number of aromatic nitrogens is 1. The topological polar surface area (TPSA) is 107 Å². The van der Waals surface area contributed by atoms with Crippen molar-refractivity contribution in [2.75, 3.05) is 33.4 Å². The summed E-state index contributed by atoms with van der Waals surface area (Å²) in [6.45, 7) is 0.428. The standard InChI is InChI=1S/C26H28F2N4O5/c1-26-14-19-18-13-17(37-24(27)28)6-7-20(18)30-21(19)22(15-4-3-5-16(33)12-15)32(26)25(35)31(23(26)34)10-8-29-9-11-36-2/h3-7,12-13,22,24,29-30,33H,8-11,14H2,1-2H3/t22-,26+/m1/s1. The third-order valence-electron chi connectivity index (χ3n) is 7.04. The fraction of sp³-hybridized carbons (Fsp3) is 0.385. The van der Waals surface area contributed by atoms with Gasteiger partial charge in [-0.1, -0.05) is 12.1 Å². The molecule has 2 aromatic carbocycles. The molecule has 1 fully saturated rings. The Labute approximate surface area is 211 Å². The van der Waals surface area contributed by atoms with Crippen molar-refractivity contribution in [1.29, 1.82) is 0 Å². The summed E-state index contributed by atoms with van der Waals surface area (Å²) in [6.07, 6.45) is 0.188. The first-order valence-electron chi connectivity index (χ1n) is 12.0. The fourth-order valence-electron chi connectivity index (χ4n) is 5.40. The van der Waals surface area contributed by atoms with E-state index in [-0.39, 0.29) is 30.4 Å². The van der Waals surface area contributed by atoms with Crippen LogP contribution in [0.15, 0.2) is 42.5 Å². The van der Waals surface area contributed by atoms with Crippen molar-refractivity contribution >= 4 is 22.8 Å². The number of alkyl halides is 2. The van der Waals surface area contributed by atoms with E-state index >= 15 is 0 Å². The molecule has 0 saturated carbocycles. The zero-order chi connectivity index (χ0) is 26.3. The average molecular weight is 515 g/mol. The number of H-pyrrole nitrogens is 1. The highest BCUT2D eigenvalue weighted by Gasteiger charge is 2.60. The molecule has 5 rings (SSSR count). The lowest BCUT2D eigenvalue weighted by molar-refractivity contribution is -0.133. The molecule has 0 radical (unpaired) electrons. The smallest absolute Gasteiger partial charge is 0.387 e. The van der Waals surface area contributed by atoms with Crippen LogP contribution in [0.5, 0.6) is 11.5 Å². The molecular formula is C26H28F2N4O5. The largest absolute Gasteiger partial charge is 0.508 e. The van der Waals surface area contributed by atoms with Crippen molar-refractivity contribution in [1.82, 2.24) is 20.1 Å². The summed E-state index contributed by atoms with van der Waals surface area (Å²) < 4.78 is 35.4. The number of rotatable bonds is 9. The minimum Gasteiger partial charge on any atom is -0.508 e. The molecule has 196 valence electrons. The quantitative estimate of drug-likeness (QED) is 0.299. The highest BCUT2D eigenvalue weighted by Crippen LogP contribution is 2.49. The van der Waals surface area contributed by atoms with Crippen molar-refractivity contribution in [2.45, 2.75) is 31.5 Å². The van der Waals surface area contributed by atoms with Gasteiger partial charge in [-0.3, -0.25) is 14.6 Å². The first kappa shape index (κ1) is 25.0. The summed E-state index contributed by atoms with van der Waals surface area (Å²) >= 11 is 0. The number of nitrogens with one attached hydrogen (secondary N) is 2. The van der Waals surface area contributed by atoms with E-state index in [0.717, 1.165) is 5.56 Å². The van der Waals surface area contributed by atoms with Crippen LogP contribution in [0.25, 0.3) is 10.9 Å². The fourth-order valence-corrected chi connectivity index (χ4v) is 5.40. The van der Waals surface area contributed by atoms with Crippen LogP contribution in [0, 0.1) is 0 Å². The maximum atomic E-state index is 13.7. The Morgan fingerprint density at radius 3 is 2.76 bits per heavy atom. The number of hydrogen-bond acceptors (Lipinski definition) is 6. The number of fused-ring (bicyclic) bond motifs is 4. The molecule has 11 heteroatoms. The Balaban J connectivity index is 1.59. The predicted octanol–water partition coefficient (Wildman–Crippen LogP) is 3.38. The summed E-state index contributed by atoms with van der Waals surface area (Å²) in [5, 5.41) is 14.0. The molecule has 0 bridgehead atoms. The first-order valence-corrected chi connectivity index (χ1v) is 12.0. The molecular weight excluding hydrogens is 486 g/mol. The number of ether oxygens (including phenoxy) is 2. The zero-order valence-electron chi connectivity index (χ0n) is 20.5. The second-order valence-corrected chi connectivity index (χ2v) is 9.40. The molecule has 3 amide bonds. The molecule has 0 aliphatic carbocycles. The number of aromatic amines is 1. The number of nitrogens with zero attached hydrogens (tertiary/aromatic N) is 2. The monoisotopic (exact) mass is 514 g/mol. The van der Waals surface area contributed by atoms with Gasteiger partial charge in [0.15, 0.2) is 0 Å². The van der Waals surface area contributed by atoms with Gasteiger partial charge in [-0.25, -0.2) is 4.79 Å². The van der Waals surface area contributed by atoms with Crippen molar-refractivity contribution in [3.8, 4) is 11.5 Å². The minimum absolute atomic E-state index is 0.00312. The van der Waals surface area contributed by atoms with Gasteiger partial charge in [-0.15, -0.1) is 0 Å². The maximum absolute atomic E-state index is 13.7. The van der Waals surface area contributed by atoms with E-state index in [1.165, 1.54) is 23.1 Å². The molecule has 37 heavy (non-hydrogen) atoms. The maximum Gasteiger partial charge on any atom is 0.387 e. The number of phenolic OH excluding ortho intramolecular Hbond substituents is 1. The van der Waals surface area contributed by atoms with Crippen LogP contribution in [0.1, 0.15) is 29.8 Å². The Hall–Kier alpha value is -3.70. The second kappa shape index (κ2) is 9.64. The summed E-state index contributed by atoms with van der Waals surface area (Å²) in [7, 11) is 1.59. The summed E-state index contributed by atoms with van der Waals surface area (Å²) in [4.78, 5) is 33.6. The van der Waals surface area contributed by atoms with Gasteiger partial charge in [-0.2, -0.15) is 8.78 Å². The summed E-state index contributed by atoms with van der Waals surface area (Å²) in [5.41, 5.74) is 1.46. The lowest BCUT2D eigenvalue weighted by Crippen LogP contribution is -2.53. The second-order valence-electron chi connectivity index (χ2n) is 9.40. The molecule has 2 aliphatic heterocycles. The van der Waals surface area contributed by atoms with Gasteiger partial charge in [0.25, 0.3) is 5.91 Å². The Bertz CT molecular complexity index is 1350. The van der Waals surface area contributed by atoms with Crippen molar-refractivity contribution < 1.29 is 33.0 Å². The molecule has 3 aromatic rings. The number of urea groups is 1. The van der Waals surface area contributed by atoms with Crippen LogP contribution in [-0.4, -0.2) is 77.3 Å². The molecule has 9 nitrogen and oxygen atoms in total. The molecule has 0 spiro atoms. The number of imide groups is 1. The van der Waals surface area contributed by atoms with Gasteiger partial charge in [-0.05, 0) is 48.4 Å². The summed E-state index contributed by atoms with van der Waals surface area (Å²) in [6, 6.07) is 10.0. The highest BCUT2D eigenvalue weighted by molar-refractivity contribution is 6.08. The van der Waals surface area contributed by atoms with E-state index in [4.69, 9.17) is 4.74 Å². The number of hydrogen-bond donors (Lipinski definition) is 3. The third-order valence-corrected chi connectivity index (χ3v) is 7.04. The van der Waals surface area contributed by atoms with Crippen LogP contribution in [0.4, 0.5) is 13.6 Å². The van der Waals surface area contributed by atoms with Gasteiger partial charge in [0.2, 0.25) is 0 Å². The van der Waals surface area contributed by atoms with Crippen LogP contribution < -0.4 is 10.1 Å². The van der Waals surface area contributed by atoms with Crippen LogP contribution >= 0.6 is 0 Å². The summed E-state index contributed by atoms with van der Waals surface area (Å²) in [5.74, 6) is -0.313. The third kappa shape index (κ3) is 4.27. The van der Waals surface area contributed by atoms with E-state index < -0.39 is 24.2 Å². The predicted molar refractivity (Wildman–Crippen MR) is 131 cm³/mol. The first-order chi connectivity index (χ1) is 17.7. The van der Waals surface area contributed by atoms with E-state index in [1.807, 2.05) is 0 Å². The van der Waals surface area contributed by atoms with E-state index in [1.54, 1.807) is 43.2 Å². The number of amides is 3. The van der Waals surface area contributed by atoms with Crippen LogP contribution in [0.3, 0.4) is 0 Å². The normalized spacial score (nSPS) is 21.2. The molecule has 1 saturated heterocycles. The van der Waals surface area contributed by atoms with Crippen molar-refractivity contribution in [3.63, 3.8) is 0 Å². The number of phenols is 1. The lowest BCUT2D eigenvalue weighted by atomic mass is 9.81. The van der Waals surface area contributed by atoms with Gasteiger partial charge in [0, 0.05) is 49.8 Å². The Kier molecular flexibility index (Phi) is 6.50. The van der Waals surface area contributed by atoms with E-state index in [2.05, 4.69) is 15.0 Å². The van der Waals surface area contributed by atoms with Gasteiger partial charge < -0.3 is 24.9 Å². The Morgan fingerprint density at radius 1 is 1.22 bits per heavy atom. The van der Waals surface area contributed by atoms with Gasteiger partial charge >= 0.3 is 12.6 Å². The number of benzene rings is 2. The number of methoxy groups -OCH3 is 1. The number of aromatic hydroxyl groups is 1. The molecule has 2 aliphatic rings. The van der Waals surface area contributed by atoms with Crippen molar-refractivity contribution in [2.24, 2.45) is 0 Å². The zero-order valence-corrected chi connectivity index (χ0v) is 20.5. The van der Waals surface area contributed by atoms with Gasteiger partial charge in [0.05, 0.1) is 6.61 Å². The Morgan fingerprint density at radius 2 is 2.03 bits per heavy atom. The lowest BCUT2D eigenvalue weighted by Gasteiger charge is -2.42. The molecule has 0 unspecified atom stereocenters. The minimum atomic E-state index is -2.97.